The van der Waals surface area contributed by atoms with Gasteiger partial charge in [0.05, 0.1) is 10.4 Å². The van der Waals surface area contributed by atoms with Crippen LogP contribution in [0.5, 0.6) is 5.75 Å². The van der Waals surface area contributed by atoms with Crippen molar-refractivity contribution in [2.75, 3.05) is 5.32 Å². The number of fused-ring (bicyclic) bond motifs is 1. The smallest absolute Gasteiger partial charge is 0.253 e. The van der Waals surface area contributed by atoms with Crippen molar-refractivity contribution in [3.05, 3.63) is 59.4 Å². The molecule has 0 bridgehead atoms. The minimum absolute atomic E-state index is 0.244. The van der Waals surface area contributed by atoms with Gasteiger partial charge in [0.2, 0.25) is 0 Å². The van der Waals surface area contributed by atoms with Crippen LogP contribution < -0.4 is 10.3 Å². The fourth-order valence-electron chi connectivity index (χ4n) is 2.09. The monoisotopic (exact) mass is 286 g/mol. The normalized spacial score (nSPS) is 10.7. The third-order valence-corrected chi connectivity index (χ3v) is 3.31. The lowest BCUT2D eigenvalue weighted by Gasteiger charge is -2.07. The third-order valence-electron chi connectivity index (χ3n) is 3.09. The summed E-state index contributed by atoms with van der Waals surface area (Å²) in [6, 6.07) is 11.1. The third kappa shape index (κ3) is 2.51. The van der Waals surface area contributed by atoms with E-state index < -0.39 is 0 Å². The molecule has 0 atom stereocenters. The zero-order valence-electron chi connectivity index (χ0n) is 10.6. The Kier molecular flexibility index (Phi) is 3.39. The number of halogens is 1. The predicted molar refractivity (Wildman–Crippen MR) is 78.7 cm³/mol. The Morgan fingerprint density at radius 2 is 2.10 bits per heavy atom. The number of rotatable bonds is 3. The molecule has 1 aromatic carbocycles. The first-order chi connectivity index (χ1) is 9.74. The van der Waals surface area contributed by atoms with E-state index in [1.165, 1.54) is 0 Å². The van der Waals surface area contributed by atoms with Gasteiger partial charge in [-0.15, -0.1) is 0 Å². The number of nitrogens with zero attached hydrogens (tertiary/aromatic N) is 1. The van der Waals surface area contributed by atoms with Crippen LogP contribution in [0.15, 0.2) is 48.8 Å². The van der Waals surface area contributed by atoms with Crippen LogP contribution in [0, 0.1) is 0 Å². The summed E-state index contributed by atoms with van der Waals surface area (Å²) >= 11 is 5.80. The summed E-state index contributed by atoms with van der Waals surface area (Å²) in [5.41, 5.74) is 1.81. The van der Waals surface area contributed by atoms with Crippen molar-refractivity contribution in [3.63, 3.8) is 0 Å². The van der Waals surface area contributed by atoms with E-state index in [2.05, 4.69) is 15.3 Å². The number of hydrogen-bond acceptors (Lipinski definition) is 3. The van der Waals surface area contributed by atoms with Gasteiger partial charge in [0.1, 0.15) is 5.82 Å². The van der Waals surface area contributed by atoms with Crippen LogP contribution in [0.4, 0.5) is 5.82 Å². The molecular weight excluding hydrogens is 274 g/mol. The fourth-order valence-corrected chi connectivity index (χ4v) is 2.20. The molecule has 0 saturated heterocycles. The summed E-state index contributed by atoms with van der Waals surface area (Å²) in [6.07, 6.45) is 3.40. The lowest BCUT2D eigenvalue weighted by Crippen LogP contribution is -2.06. The summed E-state index contributed by atoms with van der Waals surface area (Å²) in [5.74, 6) is 1.00. The predicted octanol–water partition coefficient (Wildman–Crippen LogP) is 3.02. The number of aromatic amines is 1. The number of anilines is 1. The second-order valence-electron chi connectivity index (χ2n) is 4.42. The van der Waals surface area contributed by atoms with Gasteiger partial charge in [0.15, 0.2) is 11.9 Å². The van der Waals surface area contributed by atoms with Crippen LogP contribution in [0.3, 0.4) is 0 Å². The minimum atomic E-state index is 0.244. The van der Waals surface area contributed by atoms with E-state index >= 15 is 0 Å². The summed E-state index contributed by atoms with van der Waals surface area (Å²) in [7, 11) is 0. The first kappa shape index (κ1) is 12.7. The molecule has 5 heteroatoms. The summed E-state index contributed by atoms with van der Waals surface area (Å²) in [6.45, 7) is 0.614. The number of H-pyrrole nitrogens is 1. The van der Waals surface area contributed by atoms with Crippen LogP contribution in [0.1, 0.15) is 5.56 Å². The van der Waals surface area contributed by atoms with E-state index in [0.717, 1.165) is 22.3 Å². The van der Waals surface area contributed by atoms with Crippen molar-refractivity contribution in [2.24, 2.45) is 0 Å². The number of phenols is 1. The molecule has 100 valence electrons. The number of pyridine rings is 2. The molecule has 0 saturated carbocycles. The largest absolute Gasteiger partial charge is 0.502 e. The maximum absolute atomic E-state index is 9.83. The number of nitrogens with one attached hydrogen (secondary N) is 2. The molecule has 20 heavy (non-hydrogen) atoms. The Bertz CT molecular complexity index is 744. The number of aromatic hydroxyl groups is 1. The zero-order valence-corrected chi connectivity index (χ0v) is 11.4. The second-order valence-corrected chi connectivity index (χ2v) is 4.85. The molecule has 0 amide bonds. The van der Waals surface area contributed by atoms with E-state index in [1.54, 1.807) is 24.5 Å². The van der Waals surface area contributed by atoms with E-state index in [-0.39, 0.29) is 5.75 Å². The minimum Gasteiger partial charge on any atom is -0.502 e. The van der Waals surface area contributed by atoms with E-state index in [0.29, 0.717) is 11.6 Å². The molecule has 0 unspecified atom stereocenters. The van der Waals surface area contributed by atoms with Gasteiger partial charge in [-0.25, -0.2) is 9.97 Å². The summed E-state index contributed by atoms with van der Waals surface area (Å²) in [4.78, 5) is 7.24. The van der Waals surface area contributed by atoms with Gasteiger partial charge in [-0.3, -0.25) is 0 Å². The molecule has 0 fully saturated rings. The zero-order chi connectivity index (χ0) is 13.9. The van der Waals surface area contributed by atoms with Gasteiger partial charge in [-0.1, -0.05) is 17.7 Å². The average molecular weight is 287 g/mol. The SMILES string of the molecule is Oc1ccc(CNc2ccc(Cl)cn2)c2ccc[nH+]c12. The molecule has 2 aromatic heterocycles. The quantitative estimate of drug-likeness (QED) is 0.778. The van der Waals surface area contributed by atoms with Crippen molar-refractivity contribution in [3.8, 4) is 5.75 Å². The van der Waals surface area contributed by atoms with E-state index in [9.17, 15) is 5.11 Å². The van der Waals surface area contributed by atoms with Crippen molar-refractivity contribution in [2.45, 2.75) is 6.54 Å². The first-order valence-corrected chi connectivity index (χ1v) is 6.58. The van der Waals surface area contributed by atoms with Gasteiger partial charge in [-0.2, -0.15) is 0 Å². The van der Waals surface area contributed by atoms with Gasteiger partial charge in [0.25, 0.3) is 5.52 Å². The number of aromatic nitrogens is 2. The van der Waals surface area contributed by atoms with Crippen LogP contribution in [0.25, 0.3) is 10.9 Å². The van der Waals surface area contributed by atoms with Gasteiger partial charge >= 0.3 is 0 Å². The van der Waals surface area contributed by atoms with Crippen LogP contribution in [0.2, 0.25) is 5.02 Å². The van der Waals surface area contributed by atoms with E-state index in [1.807, 2.05) is 24.3 Å². The molecule has 4 nitrogen and oxygen atoms in total. The van der Waals surface area contributed by atoms with E-state index in [4.69, 9.17) is 11.6 Å². The number of benzene rings is 1. The topological polar surface area (TPSA) is 59.3 Å². The number of phenolic OH excluding ortho intramolecular Hbond substituents is 1. The Labute approximate surface area is 121 Å². The van der Waals surface area contributed by atoms with Crippen molar-refractivity contribution in [1.29, 1.82) is 0 Å². The fraction of sp³-hybridized carbons (Fsp3) is 0.0667. The Balaban J connectivity index is 1.88. The van der Waals surface area contributed by atoms with Gasteiger partial charge in [-0.05, 0) is 29.8 Å². The highest BCUT2D eigenvalue weighted by Crippen LogP contribution is 2.24. The highest BCUT2D eigenvalue weighted by molar-refractivity contribution is 6.30. The van der Waals surface area contributed by atoms with Gasteiger partial charge < -0.3 is 10.4 Å². The van der Waals surface area contributed by atoms with Crippen molar-refractivity contribution in [1.82, 2.24) is 4.98 Å². The maximum Gasteiger partial charge on any atom is 0.253 e. The molecule has 0 radical (unpaired) electrons. The Morgan fingerprint density at radius 3 is 2.90 bits per heavy atom. The van der Waals surface area contributed by atoms with Crippen LogP contribution in [-0.2, 0) is 6.54 Å². The van der Waals surface area contributed by atoms with Crippen LogP contribution >= 0.6 is 11.6 Å². The summed E-state index contributed by atoms with van der Waals surface area (Å²) in [5, 5.41) is 14.7. The highest BCUT2D eigenvalue weighted by atomic mass is 35.5. The maximum atomic E-state index is 9.83. The lowest BCUT2D eigenvalue weighted by molar-refractivity contribution is -0.345. The molecule has 0 aliphatic rings. The number of hydrogen-bond donors (Lipinski definition) is 2. The lowest BCUT2D eigenvalue weighted by atomic mass is 10.1. The van der Waals surface area contributed by atoms with Crippen molar-refractivity contribution < 1.29 is 10.1 Å². The molecular formula is C15H13ClN3O+. The molecule has 0 aliphatic heterocycles. The average Bonchev–Trinajstić information content (AvgIpc) is 2.49. The molecule has 0 spiro atoms. The second kappa shape index (κ2) is 5.35. The molecule has 3 rings (SSSR count). The Hall–Kier alpha value is -2.33. The highest BCUT2D eigenvalue weighted by Gasteiger charge is 2.10. The van der Waals surface area contributed by atoms with Crippen LogP contribution in [-0.4, -0.2) is 10.1 Å². The molecule has 0 aliphatic carbocycles. The van der Waals surface area contributed by atoms with Gasteiger partial charge in [0, 0.05) is 18.8 Å². The first-order valence-electron chi connectivity index (χ1n) is 6.21. The summed E-state index contributed by atoms with van der Waals surface area (Å²) < 4.78 is 0. The van der Waals surface area contributed by atoms with Crippen molar-refractivity contribution >= 4 is 28.3 Å². The standard InChI is InChI=1S/C15H12ClN3O/c16-11-4-6-14(19-9-11)18-8-10-3-5-13(20)15-12(10)2-1-7-17-15/h1-7,9,20H,8H2,(H,18,19)/p+1. The molecule has 3 aromatic rings. The Morgan fingerprint density at radius 1 is 1.20 bits per heavy atom. The molecule has 2 heterocycles. The molecule has 3 N–H and O–H groups in total.